The summed E-state index contributed by atoms with van der Waals surface area (Å²) in [6, 6.07) is 1.96. The SMILES string of the molecule is Cc1cncc(N=C(N)C(C)(C)C)c1. The molecule has 1 aromatic heterocycles. The second kappa shape index (κ2) is 3.78. The van der Waals surface area contributed by atoms with Crippen molar-refractivity contribution in [2.24, 2.45) is 16.1 Å². The van der Waals surface area contributed by atoms with Gasteiger partial charge in [-0.05, 0) is 18.6 Å². The molecule has 76 valence electrons. The first kappa shape index (κ1) is 10.7. The van der Waals surface area contributed by atoms with Gasteiger partial charge in [-0.2, -0.15) is 0 Å². The number of nitrogens with two attached hydrogens (primary N) is 1. The molecule has 0 aliphatic carbocycles. The number of aliphatic imine (C=N–C) groups is 1. The Hall–Kier alpha value is -1.38. The molecule has 0 fully saturated rings. The summed E-state index contributed by atoms with van der Waals surface area (Å²) in [5, 5.41) is 0. The Kier molecular flexibility index (Phi) is 2.89. The maximum absolute atomic E-state index is 5.86. The molecule has 0 saturated carbocycles. The number of hydrogen-bond donors (Lipinski definition) is 1. The third-order valence-corrected chi connectivity index (χ3v) is 1.88. The lowest BCUT2D eigenvalue weighted by Crippen LogP contribution is -2.28. The van der Waals surface area contributed by atoms with Crippen LogP contribution < -0.4 is 5.73 Å². The predicted molar refractivity (Wildman–Crippen MR) is 59.7 cm³/mol. The molecule has 0 unspecified atom stereocenters. The second-order valence-corrected chi connectivity index (χ2v) is 4.47. The summed E-state index contributed by atoms with van der Waals surface area (Å²) in [5.74, 6) is 0.630. The second-order valence-electron chi connectivity index (χ2n) is 4.47. The number of aromatic nitrogens is 1. The molecule has 0 spiro atoms. The Morgan fingerprint density at radius 3 is 2.50 bits per heavy atom. The van der Waals surface area contributed by atoms with Crippen LogP contribution in [0.15, 0.2) is 23.5 Å². The Balaban J connectivity index is 2.98. The van der Waals surface area contributed by atoms with Crippen LogP contribution in [0.1, 0.15) is 26.3 Å². The fourth-order valence-corrected chi connectivity index (χ4v) is 0.907. The molecule has 0 saturated heterocycles. The number of pyridine rings is 1. The maximum Gasteiger partial charge on any atom is 0.105 e. The molecule has 0 aromatic carbocycles. The monoisotopic (exact) mass is 191 g/mol. The summed E-state index contributed by atoms with van der Waals surface area (Å²) in [7, 11) is 0. The van der Waals surface area contributed by atoms with E-state index in [0.29, 0.717) is 5.84 Å². The minimum absolute atomic E-state index is 0.0935. The molecule has 0 amide bonds. The average molecular weight is 191 g/mol. The summed E-state index contributed by atoms with van der Waals surface area (Å²) in [6.07, 6.45) is 3.51. The fourth-order valence-electron chi connectivity index (χ4n) is 0.907. The van der Waals surface area contributed by atoms with Gasteiger partial charge in [0.15, 0.2) is 0 Å². The number of nitrogens with zero attached hydrogens (tertiary/aromatic N) is 2. The van der Waals surface area contributed by atoms with Crippen LogP contribution in [0.4, 0.5) is 5.69 Å². The van der Waals surface area contributed by atoms with Crippen molar-refractivity contribution in [1.82, 2.24) is 4.98 Å². The molecule has 3 nitrogen and oxygen atoms in total. The highest BCUT2D eigenvalue weighted by Gasteiger charge is 2.15. The first-order valence-electron chi connectivity index (χ1n) is 4.66. The van der Waals surface area contributed by atoms with Crippen LogP contribution in [0.5, 0.6) is 0 Å². The van der Waals surface area contributed by atoms with E-state index in [9.17, 15) is 0 Å². The maximum atomic E-state index is 5.86. The third kappa shape index (κ3) is 2.83. The van der Waals surface area contributed by atoms with Gasteiger partial charge in [0.2, 0.25) is 0 Å². The zero-order valence-electron chi connectivity index (χ0n) is 9.20. The van der Waals surface area contributed by atoms with Crippen molar-refractivity contribution in [3.8, 4) is 0 Å². The van der Waals surface area contributed by atoms with Crippen molar-refractivity contribution in [1.29, 1.82) is 0 Å². The topological polar surface area (TPSA) is 51.3 Å². The van der Waals surface area contributed by atoms with E-state index in [1.165, 1.54) is 0 Å². The number of hydrogen-bond acceptors (Lipinski definition) is 2. The number of rotatable bonds is 1. The molecule has 0 aliphatic heterocycles. The van der Waals surface area contributed by atoms with E-state index in [0.717, 1.165) is 11.3 Å². The smallest absolute Gasteiger partial charge is 0.105 e. The third-order valence-electron chi connectivity index (χ3n) is 1.88. The van der Waals surface area contributed by atoms with Crippen molar-refractivity contribution >= 4 is 11.5 Å². The Bertz CT molecular complexity index is 348. The van der Waals surface area contributed by atoms with Crippen LogP contribution in [0, 0.1) is 12.3 Å². The minimum Gasteiger partial charge on any atom is -0.387 e. The quantitative estimate of drug-likeness (QED) is 0.547. The van der Waals surface area contributed by atoms with E-state index in [1.807, 2.05) is 33.8 Å². The molecule has 14 heavy (non-hydrogen) atoms. The number of amidine groups is 1. The van der Waals surface area contributed by atoms with Crippen molar-refractivity contribution < 1.29 is 0 Å². The van der Waals surface area contributed by atoms with Crippen LogP contribution in [0.3, 0.4) is 0 Å². The Morgan fingerprint density at radius 2 is 2.00 bits per heavy atom. The molecule has 1 heterocycles. The summed E-state index contributed by atoms with van der Waals surface area (Å²) in [4.78, 5) is 8.38. The van der Waals surface area contributed by atoms with Crippen LogP contribution >= 0.6 is 0 Å². The van der Waals surface area contributed by atoms with Gasteiger partial charge in [0, 0.05) is 11.6 Å². The van der Waals surface area contributed by atoms with Crippen LogP contribution in [0.2, 0.25) is 0 Å². The molecule has 0 radical (unpaired) electrons. The van der Waals surface area contributed by atoms with Gasteiger partial charge in [0.1, 0.15) is 5.84 Å². The molecule has 2 N–H and O–H groups in total. The van der Waals surface area contributed by atoms with Crippen molar-refractivity contribution in [3.05, 3.63) is 24.0 Å². The van der Waals surface area contributed by atoms with E-state index >= 15 is 0 Å². The molecule has 1 rings (SSSR count). The van der Waals surface area contributed by atoms with Gasteiger partial charge in [-0.1, -0.05) is 20.8 Å². The van der Waals surface area contributed by atoms with E-state index in [-0.39, 0.29) is 5.41 Å². The lowest BCUT2D eigenvalue weighted by molar-refractivity contribution is 0.585. The Labute approximate surface area is 85.1 Å². The van der Waals surface area contributed by atoms with E-state index in [2.05, 4.69) is 9.98 Å². The van der Waals surface area contributed by atoms with Crippen LogP contribution in [-0.4, -0.2) is 10.8 Å². The van der Waals surface area contributed by atoms with E-state index < -0.39 is 0 Å². The van der Waals surface area contributed by atoms with Gasteiger partial charge in [-0.25, -0.2) is 4.99 Å². The molecular formula is C11H17N3. The first-order chi connectivity index (χ1) is 6.39. The fraction of sp³-hybridized carbons (Fsp3) is 0.455. The lowest BCUT2D eigenvalue weighted by atomic mass is 9.95. The number of aryl methyl sites for hydroxylation is 1. The van der Waals surface area contributed by atoms with E-state index in [4.69, 9.17) is 5.73 Å². The molecule has 0 bridgehead atoms. The van der Waals surface area contributed by atoms with Gasteiger partial charge >= 0.3 is 0 Å². The van der Waals surface area contributed by atoms with Gasteiger partial charge in [0.25, 0.3) is 0 Å². The Morgan fingerprint density at radius 1 is 1.36 bits per heavy atom. The average Bonchev–Trinajstić information content (AvgIpc) is 2.02. The summed E-state index contributed by atoms with van der Waals surface area (Å²) < 4.78 is 0. The highest BCUT2D eigenvalue weighted by atomic mass is 14.9. The summed E-state index contributed by atoms with van der Waals surface area (Å²) >= 11 is 0. The highest BCUT2D eigenvalue weighted by molar-refractivity contribution is 5.87. The largest absolute Gasteiger partial charge is 0.387 e. The van der Waals surface area contributed by atoms with Gasteiger partial charge in [-0.15, -0.1) is 0 Å². The predicted octanol–water partition coefficient (Wildman–Crippen LogP) is 2.42. The zero-order valence-corrected chi connectivity index (χ0v) is 9.20. The molecule has 3 heteroatoms. The van der Waals surface area contributed by atoms with Crippen molar-refractivity contribution in [3.63, 3.8) is 0 Å². The van der Waals surface area contributed by atoms with E-state index in [1.54, 1.807) is 12.4 Å². The molecule has 1 aromatic rings. The zero-order chi connectivity index (χ0) is 10.8. The highest BCUT2D eigenvalue weighted by Crippen LogP contribution is 2.18. The summed E-state index contributed by atoms with van der Waals surface area (Å²) in [5.41, 5.74) is 7.67. The van der Waals surface area contributed by atoms with Gasteiger partial charge in [-0.3, -0.25) is 4.98 Å². The molecular weight excluding hydrogens is 174 g/mol. The molecule has 0 aliphatic rings. The first-order valence-corrected chi connectivity index (χ1v) is 4.66. The molecule has 0 atom stereocenters. The minimum atomic E-state index is -0.0935. The lowest BCUT2D eigenvalue weighted by Gasteiger charge is -2.17. The standard InChI is InChI=1S/C11H17N3/c1-8-5-9(7-13-6-8)14-10(12)11(2,3)4/h5-7H,1-4H3,(H2,12,14). The normalized spacial score (nSPS) is 13.0. The van der Waals surface area contributed by atoms with Crippen LogP contribution in [0.25, 0.3) is 0 Å². The van der Waals surface area contributed by atoms with Gasteiger partial charge in [0.05, 0.1) is 11.9 Å². The van der Waals surface area contributed by atoms with Crippen molar-refractivity contribution in [2.75, 3.05) is 0 Å². The van der Waals surface area contributed by atoms with Gasteiger partial charge < -0.3 is 5.73 Å². The van der Waals surface area contributed by atoms with Crippen molar-refractivity contribution in [2.45, 2.75) is 27.7 Å². The summed E-state index contributed by atoms with van der Waals surface area (Å²) in [6.45, 7) is 8.10. The van der Waals surface area contributed by atoms with Crippen LogP contribution in [-0.2, 0) is 0 Å².